The Labute approximate surface area is 120 Å². The van der Waals surface area contributed by atoms with Crippen molar-refractivity contribution in [2.24, 2.45) is 0 Å². The van der Waals surface area contributed by atoms with Gasteiger partial charge < -0.3 is 10.0 Å². The summed E-state index contributed by atoms with van der Waals surface area (Å²) >= 11 is 0. The average Bonchev–Trinajstić information content (AvgIpc) is 2.95. The number of benzene rings is 1. The summed E-state index contributed by atoms with van der Waals surface area (Å²) < 4.78 is 0. The van der Waals surface area contributed by atoms with E-state index in [4.69, 9.17) is 0 Å². The molecule has 3 rings (SSSR count). The fraction of sp³-hybridized carbons (Fsp3) is 0.286. The van der Waals surface area contributed by atoms with Crippen LogP contribution in [0.15, 0.2) is 30.3 Å². The van der Waals surface area contributed by atoms with Crippen LogP contribution in [0.5, 0.6) is 0 Å². The predicted molar refractivity (Wildman–Crippen MR) is 76.4 cm³/mol. The Hall–Kier alpha value is -2.70. The molecule has 0 aliphatic carbocycles. The van der Waals surface area contributed by atoms with E-state index in [1.165, 1.54) is 11.0 Å². The number of aliphatic carboxylic acids is 1. The van der Waals surface area contributed by atoms with E-state index in [0.29, 0.717) is 30.3 Å². The van der Waals surface area contributed by atoms with Crippen molar-refractivity contribution in [3.8, 4) is 0 Å². The van der Waals surface area contributed by atoms with Crippen molar-refractivity contribution in [3.63, 3.8) is 0 Å². The number of fused-ring (bicyclic) bond motifs is 1. The highest BCUT2D eigenvalue weighted by molar-refractivity contribution is 5.87. The molecule has 0 amide bonds. The molecule has 0 unspecified atom stereocenters. The first-order valence-corrected chi connectivity index (χ1v) is 6.61. The molecule has 2 heterocycles. The highest BCUT2D eigenvalue weighted by Gasteiger charge is 2.35. The number of anilines is 1. The lowest BCUT2D eigenvalue weighted by molar-refractivity contribution is -0.384. The summed E-state index contributed by atoms with van der Waals surface area (Å²) in [7, 11) is 0. The van der Waals surface area contributed by atoms with Gasteiger partial charge in [0.1, 0.15) is 6.04 Å². The molecule has 1 aromatic heterocycles. The van der Waals surface area contributed by atoms with Gasteiger partial charge in [0.05, 0.1) is 10.4 Å². The third-order valence-electron chi connectivity index (χ3n) is 3.69. The number of carboxylic acid groups (broad SMARTS) is 1. The van der Waals surface area contributed by atoms with Crippen LogP contribution in [0.3, 0.4) is 0 Å². The average molecular weight is 287 g/mol. The van der Waals surface area contributed by atoms with Gasteiger partial charge in [-0.25, -0.2) is 9.78 Å². The minimum atomic E-state index is -0.975. The van der Waals surface area contributed by atoms with E-state index in [0.717, 1.165) is 0 Å². The van der Waals surface area contributed by atoms with Crippen LogP contribution in [0.25, 0.3) is 10.9 Å². The maximum atomic E-state index is 11.3. The molecule has 7 heteroatoms. The number of aromatic nitrogens is 1. The molecule has 1 N–H and O–H groups in total. The molecule has 0 radical (unpaired) electrons. The van der Waals surface area contributed by atoms with Crippen LogP contribution in [0, 0.1) is 10.1 Å². The number of nitro groups is 1. The van der Waals surface area contributed by atoms with E-state index in [2.05, 4.69) is 4.98 Å². The molecule has 21 heavy (non-hydrogen) atoms. The Morgan fingerprint density at radius 2 is 2.19 bits per heavy atom. The molecule has 0 bridgehead atoms. The monoisotopic (exact) mass is 287 g/mol. The first-order valence-electron chi connectivity index (χ1n) is 6.61. The zero-order valence-corrected chi connectivity index (χ0v) is 11.1. The normalized spacial score (nSPS) is 18.1. The van der Waals surface area contributed by atoms with Crippen molar-refractivity contribution in [1.82, 2.24) is 4.98 Å². The van der Waals surface area contributed by atoms with Crippen LogP contribution in [-0.2, 0) is 4.79 Å². The molecule has 1 aromatic carbocycles. The summed E-state index contributed by atoms with van der Waals surface area (Å²) in [4.78, 5) is 27.9. The summed E-state index contributed by atoms with van der Waals surface area (Å²) in [5.41, 5.74) is 0.469. The zero-order valence-electron chi connectivity index (χ0n) is 11.1. The number of hydrogen-bond donors (Lipinski definition) is 1. The Morgan fingerprint density at radius 1 is 1.43 bits per heavy atom. The lowest BCUT2D eigenvalue weighted by atomic mass is 10.2. The number of para-hydroxylation sites is 1. The quantitative estimate of drug-likeness (QED) is 0.686. The van der Waals surface area contributed by atoms with Crippen molar-refractivity contribution in [1.29, 1.82) is 0 Å². The number of nitrogens with zero attached hydrogens (tertiary/aromatic N) is 3. The number of hydrogen-bond acceptors (Lipinski definition) is 5. The van der Waals surface area contributed by atoms with E-state index in [9.17, 15) is 20.0 Å². The molecule has 0 saturated carbocycles. The highest BCUT2D eigenvalue weighted by atomic mass is 16.6. The predicted octanol–water partition coefficient (Wildman–Crippen LogP) is 2.20. The Balaban J connectivity index is 2.18. The molecule has 1 fully saturated rings. The minimum absolute atomic E-state index is 0.142. The van der Waals surface area contributed by atoms with Gasteiger partial charge >= 0.3 is 11.7 Å². The second kappa shape index (κ2) is 5.01. The van der Waals surface area contributed by atoms with Crippen LogP contribution in [0.2, 0.25) is 0 Å². The van der Waals surface area contributed by atoms with Gasteiger partial charge in [-0.1, -0.05) is 18.2 Å². The van der Waals surface area contributed by atoms with Crippen molar-refractivity contribution >= 4 is 28.4 Å². The lowest BCUT2D eigenvalue weighted by Crippen LogP contribution is -2.36. The lowest BCUT2D eigenvalue weighted by Gasteiger charge is -2.22. The Morgan fingerprint density at radius 3 is 2.90 bits per heavy atom. The smallest absolute Gasteiger partial charge is 0.326 e. The summed E-state index contributed by atoms with van der Waals surface area (Å²) in [5.74, 6) is -0.833. The highest BCUT2D eigenvalue weighted by Crippen LogP contribution is 2.34. The molecule has 2 aromatic rings. The van der Waals surface area contributed by atoms with Crippen molar-refractivity contribution in [2.45, 2.75) is 18.9 Å². The van der Waals surface area contributed by atoms with Crippen molar-refractivity contribution < 1.29 is 14.8 Å². The third kappa shape index (κ3) is 2.26. The van der Waals surface area contributed by atoms with Gasteiger partial charge in [0, 0.05) is 18.0 Å². The number of carbonyl (C=O) groups is 1. The first-order chi connectivity index (χ1) is 10.1. The maximum Gasteiger partial charge on any atom is 0.326 e. The molecule has 1 aliphatic rings. The molecule has 108 valence electrons. The van der Waals surface area contributed by atoms with Gasteiger partial charge in [-0.15, -0.1) is 0 Å². The summed E-state index contributed by atoms with van der Waals surface area (Å²) in [6.07, 6.45) is 1.16. The van der Waals surface area contributed by atoms with Crippen molar-refractivity contribution in [2.75, 3.05) is 11.4 Å². The van der Waals surface area contributed by atoms with Gasteiger partial charge in [0.15, 0.2) is 0 Å². The van der Waals surface area contributed by atoms with Gasteiger partial charge in [0.25, 0.3) is 0 Å². The Kier molecular flexibility index (Phi) is 3.17. The van der Waals surface area contributed by atoms with Crippen LogP contribution < -0.4 is 4.90 Å². The number of carboxylic acids is 1. The maximum absolute atomic E-state index is 11.3. The topological polar surface area (TPSA) is 96.6 Å². The number of pyridine rings is 1. The summed E-state index contributed by atoms with van der Waals surface area (Å²) in [5, 5.41) is 21.2. The standard InChI is InChI=1S/C14H13N3O4/c18-14(19)11-6-3-7-16(11)13-12(17(20)21)8-9-4-1-2-5-10(9)15-13/h1-2,4-5,8,11H,3,6-7H2,(H,18,19)/t11-/m0/s1. The minimum Gasteiger partial charge on any atom is -0.480 e. The second-order valence-electron chi connectivity index (χ2n) is 4.97. The van der Waals surface area contributed by atoms with E-state index in [1.807, 2.05) is 0 Å². The molecular weight excluding hydrogens is 274 g/mol. The first kappa shape index (κ1) is 13.3. The largest absolute Gasteiger partial charge is 0.480 e. The van der Waals surface area contributed by atoms with E-state index < -0.39 is 16.9 Å². The molecule has 0 spiro atoms. The fourth-order valence-electron chi connectivity index (χ4n) is 2.72. The summed E-state index contributed by atoms with van der Waals surface area (Å²) in [6.45, 7) is 0.461. The van der Waals surface area contributed by atoms with E-state index in [-0.39, 0.29) is 11.5 Å². The third-order valence-corrected chi connectivity index (χ3v) is 3.69. The van der Waals surface area contributed by atoms with Crippen LogP contribution in [0.4, 0.5) is 11.5 Å². The number of rotatable bonds is 3. The fourth-order valence-corrected chi connectivity index (χ4v) is 2.72. The van der Waals surface area contributed by atoms with Gasteiger partial charge in [-0.05, 0) is 18.9 Å². The van der Waals surface area contributed by atoms with Crippen molar-refractivity contribution in [3.05, 3.63) is 40.4 Å². The van der Waals surface area contributed by atoms with Gasteiger partial charge in [-0.3, -0.25) is 10.1 Å². The van der Waals surface area contributed by atoms with E-state index in [1.54, 1.807) is 24.3 Å². The molecular formula is C14H13N3O4. The SMILES string of the molecule is O=C(O)[C@@H]1CCCN1c1nc2ccccc2cc1[N+](=O)[O-]. The van der Waals surface area contributed by atoms with Crippen LogP contribution in [0.1, 0.15) is 12.8 Å². The molecule has 1 aliphatic heterocycles. The second-order valence-corrected chi connectivity index (χ2v) is 4.97. The Bertz CT molecular complexity index is 731. The van der Waals surface area contributed by atoms with Gasteiger partial charge in [0.2, 0.25) is 5.82 Å². The van der Waals surface area contributed by atoms with Crippen LogP contribution in [-0.4, -0.2) is 33.6 Å². The molecule has 1 atom stereocenters. The summed E-state index contributed by atoms with van der Waals surface area (Å²) in [6, 6.07) is 7.78. The molecule has 1 saturated heterocycles. The molecule has 7 nitrogen and oxygen atoms in total. The van der Waals surface area contributed by atoms with Crippen LogP contribution >= 0.6 is 0 Å². The zero-order chi connectivity index (χ0) is 15.0. The van der Waals surface area contributed by atoms with Gasteiger partial charge in [-0.2, -0.15) is 0 Å². The van der Waals surface area contributed by atoms with E-state index >= 15 is 0 Å².